The van der Waals surface area contributed by atoms with Crippen LogP contribution >= 0.6 is 0 Å². The maximum atomic E-state index is 12.0. The molecule has 1 aromatic rings. The largest absolute Gasteiger partial charge is 0.341 e. The second-order valence-electron chi connectivity index (χ2n) is 4.49. The minimum Gasteiger partial charge on any atom is -0.341 e. The van der Waals surface area contributed by atoms with Gasteiger partial charge in [0.15, 0.2) is 0 Å². The highest BCUT2D eigenvalue weighted by atomic mass is 16.2. The third-order valence-corrected chi connectivity index (χ3v) is 3.16. The van der Waals surface area contributed by atoms with Gasteiger partial charge in [-0.1, -0.05) is 0 Å². The number of carbonyl (C=O) groups excluding carboxylic acids is 1. The van der Waals surface area contributed by atoms with Crippen molar-refractivity contribution in [2.24, 2.45) is 7.05 Å². The van der Waals surface area contributed by atoms with E-state index in [9.17, 15) is 4.79 Å². The van der Waals surface area contributed by atoms with Crippen LogP contribution in [0.25, 0.3) is 0 Å². The minimum atomic E-state index is -0.162. The van der Waals surface area contributed by atoms with Crippen molar-refractivity contribution in [1.29, 1.82) is 0 Å². The van der Waals surface area contributed by atoms with Crippen LogP contribution in [0.5, 0.6) is 0 Å². The summed E-state index contributed by atoms with van der Waals surface area (Å²) in [6.45, 7) is 4.26. The number of nitrogens with one attached hydrogen (secondary N) is 1. The topological polar surface area (TPSA) is 63.1 Å². The molecule has 2 heterocycles. The van der Waals surface area contributed by atoms with E-state index in [0.717, 1.165) is 31.8 Å². The Bertz CT molecular complexity index is 383. The molecule has 2 rings (SSSR count). The van der Waals surface area contributed by atoms with Crippen molar-refractivity contribution in [3.63, 3.8) is 0 Å². The van der Waals surface area contributed by atoms with Crippen molar-refractivity contribution in [3.05, 3.63) is 12.2 Å². The zero-order valence-electron chi connectivity index (χ0n) is 10.4. The van der Waals surface area contributed by atoms with E-state index in [1.807, 2.05) is 23.4 Å². The number of likely N-dealkylation sites (tertiary alicyclic amines) is 1. The molecule has 1 atom stereocenters. The van der Waals surface area contributed by atoms with Gasteiger partial charge in [-0.2, -0.15) is 0 Å². The molecule has 1 aliphatic heterocycles. The standard InChI is InChI=1S/C11H19N5O/c1-9(11(17)16-5-3-4-6-16)12-7-10-14-13-8-15(10)2/h8-9,12H,3-7H2,1-2H3. The summed E-state index contributed by atoms with van der Waals surface area (Å²) in [5.74, 6) is 1.02. The highest BCUT2D eigenvalue weighted by Gasteiger charge is 2.22. The zero-order chi connectivity index (χ0) is 12.3. The van der Waals surface area contributed by atoms with E-state index in [2.05, 4.69) is 15.5 Å². The molecule has 17 heavy (non-hydrogen) atoms. The summed E-state index contributed by atoms with van der Waals surface area (Å²) in [6, 6.07) is -0.162. The first kappa shape index (κ1) is 12.0. The van der Waals surface area contributed by atoms with Gasteiger partial charge in [-0.05, 0) is 19.8 Å². The fourth-order valence-corrected chi connectivity index (χ4v) is 2.01. The van der Waals surface area contributed by atoms with Crippen molar-refractivity contribution < 1.29 is 4.79 Å². The average molecular weight is 237 g/mol. The fourth-order valence-electron chi connectivity index (χ4n) is 2.01. The third kappa shape index (κ3) is 2.82. The molecule has 0 aromatic carbocycles. The number of hydrogen-bond acceptors (Lipinski definition) is 4. The van der Waals surface area contributed by atoms with E-state index in [1.165, 1.54) is 0 Å². The Morgan fingerprint density at radius 3 is 2.82 bits per heavy atom. The van der Waals surface area contributed by atoms with Crippen molar-refractivity contribution in [2.75, 3.05) is 13.1 Å². The molecule has 1 aromatic heterocycles. The SMILES string of the molecule is CC(NCc1nncn1C)C(=O)N1CCCC1. The monoisotopic (exact) mass is 237 g/mol. The summed E-state index contributed by atoms with van der Waals surface area (Å²) in [4.78, 5) is 13.9. The predicted octanol–water partition coefficient (Wildman–Crippen LogP) is -0.0844. The third-order valence-electron chi connectivity index (χ3n) is 3.16. The van der Waals surface area contributed by atoms with Gasteiger partial charge in [-0.3, -0.25) is 10.1 Å². The highest BCUT2D eigenvalue weighted by molar-refractivity contribution is 5.81. The van der Waals surface area contributed by atoms with Gasteiger partial charge in [0, 0.05) is 20.1 Å². The van der Waals surface area contributed by atoms with Crippen LogP contribution in [0.2, 0.25) is 0 Å². The number of hydrogen-bond donors (Lipinski definition) is 1. The van der Waals surface area contributed by atoms with Gasteiger partial charge in [0.2, 0.25) is 5.91 Å². The maximum absolute atomic E-state index is 12.0. The van der Waals surface area contributed by atoms with Crippen LogP contribution in [0.15, 0.2) is 6.33 Å². The Labute approximate surface area is 101 Å². The molecule has 0 saturated carbocycles. The van der Waals surface area contributed by atoms with Crippen LogP contribution in [0.3, 0.4) is 0 Å². The van der Waals surface area contributed by atoms with Gasteiger partial charge in [0.1, 0.15) is 12.2 Å². The van der Waals surface area contributed by atoms with Gasteiger partial charge < -0.3 is 9.47 Å². The number of nitrogens with zero attached hydrogens (tertiary/aromatic N) is 4. The Morgan fingerprint density at radius 2 is 2.24 bits per heavy atom. The summed E-state index contributed by atoms with van der Waals surface area (Å²) in [5.41, 5.74) is 0. The first-order chi connectivity index (χ1) is 8.18. The fraction of sp³-hybridized carbons (Fsp3) is 0.727. The van der Waals surface area contributed by atoms with Gasteiger partial charge >= 0.3 is 0 Å². The van der Waals surface area contributed by atoms with E-state index in [1.54, 1.807) is 6.33 Å². The van der Waals surface area contributed by atoms with Crippen LogP contribution in [0, 0.1) is 0 Å². The summed E-state index contributed by atoms with van der Waals surface area (Å²) in [5, 5.41) is 11.0. The van der Waals surface area contributed by atoms with E-state index in [4.69, 9.17) is 0 Å². The lowest BCUT2D eigenvalue weighted by Gasteiger charge is -2.20. The first-order valence-electron chi connectivity index (χ1n) is 6.03. The van der Waals surface area contributed by atoms with E-state index in [0.29, 0.717) is 6.54 Å². The van der Waals surface area contributed by atoms with E-state index < -0.39 is 0 Å². The summed E-state index contributed by atoms with van der Waals surface area (Å²) in [7, 11) is 1.89. The lowest BCUT2D eigenvalue weighted by Crippen LogP contribution is -2.43. The molecule has 0 spiro atoms. The van der Waals surface area contributed by atoms with Crippen LogP contribution in [-0.4, -0.2) is 44.7 Å². The summed E-state index contributed by atoms with van der Waals surface area (Å²) in [6.07, 6.45) is 3.91. The smallest absolute Gasteiger partial charge is 0.239 e. The molecular weight excluding hydrogens is 218 g/mol. The molecule has 1 N–H and O–H groups in total. The van der Waals surface area contributed by atoms with Crippen molar-refractivity contribution in [1.82, 2.24) is 25.0 Å². The second kappa shape index (κ2) is 5.27. The molecule has 1 unspecified atom stereocenters. The van der Waals surface area contributed by atoms with Crippen LogP contribution < -0.4 is 5.32 Å². The van der Waals surface area contributed by atoms with E-state index >= 15 is 0 Å². The van der Waals surface area contributed by atoms with Gasteiger partial charge in [-0.25, -0.2) is 0 Å². The van der Waals surface area contributed by atoms with Crippen LogP contribution in [0.1, 0.15) is 25.6 Å². The Balaban J connectivity index is 1.82. The molecule has 1 amide bonds. The molecule has 94 valence electrons. The Morgan fingerprint density at radius 1 is 1.53 bits per heavy atom. The summed E-state index contributed by atoms with van der Waals surface area (Å²) >= 11 is 0. The lowest BCUT2D eigenvalue weighted by atomic mass is 10.3. The average Bonchev–Trinajstić information content (AvgIpc) is 2.96. The lowest BCUT2D eigenvalue weighted by molar-refractivity contribution is -0.132. The van der Waals surface area contributed by atoms with Gasteiger partial charge in [0.25, 0.3) is 0 Å². The highest BCUT2D eigenvalue weighted by Crippen LogP contribution is 2.09. The minimum absolute atomic E-state index is 0.162. The summed E-state index contributed by atoms with van der Waals surface area (Å²) < 4.78 is 1.85. The molecular formula is C11H19N5O. The quantitative estimate of drug-likeness (QED) is 0.795. The normalized spacial score (nSPS) is 17.4. The van der Waals surface area contributed by atoms with Crippen LogP contribution in [-0.2, 0) is 18.4 Å². The molecule has 1 saturated heterocycles. The van der Waals surface area contributed by atoms with Gasteiger partial charge in [-0.15, -0.1) is 10.2 Å². The van der Waals surface area contributed by atoms with Crippen molar-refractivity contribution in [3.8, 4) is 0 Å². The number of aromatic nitrogens is 3. The molecule has 6 nitrogen and oxygen atoms in total. The molecule has 0 aliphatic carbocycles. The van der Waals surface area contributed by atoms with Crippen molar-refractivity contribution >= 4 is 5.91 Å². The maximum Gasteiger partial charge on any atom is 0.239 e. The number of amides is 1. The van der Waals surface area contributed by atoms with E-state index in [-0.39, 0.29) is 11.9 Å². The molecule has 1 fully saturated rings. The van der Waals surface area contributed by atoms with Crippen molar-refractivity contribution in [2.45, 2.75) is 32.4 Å². The number of carbonyl (C=O) groups is 1. The Kier molecular flexibility index (Phi) is 3.73. The molecule has 6 heteroatoms. The first-order valence-corrected chi connectivity index (χ1v) is 6.03. The predicted molar refractivity (Wildman–Crippen MR) is 63.1 cm³/mol. The molecule has 0 radical (unpaired) electrons. The second-order valence-corrected chi connectivity index (χ2v) is 4.49. The van der Waals surface area contributed by atoms with Crippen LogP contribution in [0.4, 0.5) is 0 Å². The number of aryl methyl sites for hydroxylation is 1. The molecule has 1 aliphatic rings. The number of rotatable bonds is 4. The Hall–Kier alpha value is -1.43. The molecule has 0 bridgehead atoms. The zero-order valence-corrected chi connectivity index (χ0v) is 10.4. The van der Waals surface area contributed by atoms with Gasteiger partial charge in [0.05, 0.1) is 12.6 Å².